The fourth-order valence-electron chi connectivity index (χ4n) is 2.06. The van der Waals surface area contributed by atoms with Crippen molar-refractivity contribution < 1.29 is 18.0 Å². The van der Waals surface area contributed by atoms with Crippen LogP contribution in [0.4, 0.5) is 13.2 Å². The predicted octanol–water partition coefficient (Wildman–Crippen LogP) is 3.07. The monoisotopic (exact) mass is 289 g/mol. The van der Waals surface area contributed by atoms with Gasteiger partial charge in [0.05, 0.1) is 0 Å². The molecule has 1 saturated heterocycles. The quantitative estimate of drug-likeness (QED) is 0.741. The van der Waals surface area contributed by atoms with Crippen LogP contribution in [0.1, 0.15) is 24.2 Å². The lowest BCUT2D eigenvalue weighted by Gasteiger charge is -2.37. The van der Waals surface area contributed by atoms with Gasteiger partial charge in [-0.05, 0) is 19.1 Å². The van der Waals surface area contributed by atoms with E-state index >= 15 is 0 Å². The molecule has 2 atom stereocenters. The van der Waals surface area contributed by atoms with Crippen LogP contribution in [0.5, 0.6) is 0 Å². The molecule has 19 heavy (non-hydrogen) atoms. The van der Waals surface area contributed by atoms with Crippen molar-refractivity contribution in [1.82, 2.24) is 4.90 Å². The van der Waals surface area contributed by atoms with E-state index in [9.17, 15) is 18.0 Å². The molecule has 104 valence electrons. The van der Waals surface area contributed by atoms with Crippen LogP contribution in [0.3, 0.4) is 0 Å². The van der Waals surface area contributed by atoms with Gasteiger partial charge >= 0.3 is 0 Å². The van der Waals surface area contributed by atoms with Crippen molar-refractivity contribution in [2.45, 2.75) is 25.1 Å². The fraction of sp³-hybridized carbons (Fsp3) is 0.462. The molecule has 6 heteroatoms. The lowest BCUT2D eigenvalue weighted by atomic mass is 10.1. The maximum Gasteiger partial charge on any atom is 0.254 e. The summed E-state index contributed by atoms with van der Waals surface area (Å²) in [4.78, 5) is 13.8. The summed E-state index contributed by atoms with van der Waals surface area (Å²) in [5.74, 6) is -3.90. The average molecular weight is 289 g/mol. The molecule has 0 spiro atoms. The molecule has 0 bridgehead atoms. The molecule has 1 aromatic rings. The van der Waals surface area contributed by atoms with Gasteiger partial charge in [-0.2, -0.15) is 11.8 Å². The van der Waals surface area contributed by atoms with Crippen molar-refractivity contribution in [1.29, 1.82) is 0 Å². The summed E-state index contributed by atoms with van der Waals surface area (Å²) in [6.45, 7) is 4.42. The van der Waals surface area contributed by atoms with Crippen molar-refractivity contribution in [3.05, 3.63) is 35.1 Å². The minimum Gasteiger partial charge on any atom is -0.334 e. The Hall–Kier alpha value is -1.17. The van der Waals surface area contributed by atoms with Crippen molar-refractivity contribution in [2.75, 3.05) is 12.3 Å². The predicted molar refractivity (Wildman–Crippen MR) is 68.7 cm³/mol. The first-order chi connectivity index (χ1) is 8.91. The van der Waals surface area contributed by atoms with E-state index in [-0.39, 0.29) is 16.9 Å². The molecule has 0 unspecified atom stereocenters. The summed E-state index contributed by atoms with van der Waals surface area (Å²) in [5, 5.41) is 0.257. The lowest BCUT2D eigenvalue weighted by Crippen LogP contribution is -2.48. The van der Waals surface area contributed by atoms with Gasteiger partial charge in [0.2, 0.25) is 0 Å². The summed E-state index contributed by atoms with van der Waals surface area (Å²) in [7, 11) is 0. The van der Waals surface area contributed by atoms with Crippen LogP contribution in [-0.4, -0.2) is 34.4 Å². The Morgan fingerprint density at radius 3 is 2.42 bits per heavy atom. The SMILES string of the molecule is C[C@H]1SCCN(C(=O)c2cc(F)c(F)c(F)c2)[C@H]1C. The smallest absolute Gasteiger partial charge is 0.254 e. The number of halogens is 3. The highest BCUT2D eigenvalue weighted by atomic mass is 32.2. The second-order valence-corrected chi connectivity index (χ2v) is 6.05. The second kappa shape index (κ2) is 5.45. The van der Waals surface area contributed by atoms with Gasteiger partial charge in [-0.15, -0.1) is 0 Å². The van der Waals surface area contributed by atoms with Crippen LogP contribution in [0.2, 0.25) is 0 Å². The second-order valence-electron chi connectivity index (χ2n) is 4.57. The number of nitrogens with zero attached hydrogens (tertiary/aromatic N) is 1. The molecule has 1 aliphatic heterocycles. The number of carbonyl (C=O) groups excluding carboxylic acids is 1. The van der Waals surface area contributed by atoms with Gasteiger partial charge in [0.15, 0.2) is 17.5 Å². The van der Waals surface area contributed by atoms with Crippen LogP contribution < -0.4 is 0 Å². The first kappa shape index (κ1) is 14.2. The van der Waals surface area contributed by atoms with Gasteiger partial charge in [-0.3, -0.25) is 4.79 Å². The van der Waals surface area contributed by atoms with Gasteiger partial charge in [-0.1, -0.05) is 6.92 Å². The topological polar surface area (TPSA) is 20.3 Å². The molecular formula is C13H14F3NOS. The highest BCUT2D eigenvalue weighted by Crippen LogP contribution is 2.26. The van der Waals surface area contributed by atoms with E-state index < -0.39 is 23.4 Å². The summed E-state index contributed by atoms with van der Waals surface area (Å²) in [5.41, 5.74) is -0.151. The Balaban J connectivity index is 2.29. The Morgan fingerprint density at radius 2 is 1.84 bits per heavy atom. The van der Waals surface area contributed by atoms with Crippen molar-refractivity contribution in [3.63, 3.8) is 0 Å². The zero-order valence-electron chi connectivity index (χ0n) is 10.6. The molecule has 2 rings (SSSR count). The highest BCUT2D eigenvalue weighted by molar-refractivity contribution is 8.00. The van der Waals surface area contributed by atoms with Crippen LogP contribution in [-0.2, 0) is 0 Å². The number of benzene rings is 1. The molecule has 0 saturated carbocycles. The van der Waals surface area contributed by atoms with Crippen LogP contribution in [0.15, 0.2) is 12.1 Å². The van der Waals surface area contributed by atoms with E-state index in [2.05, 4.69) is 0 Å². The number of rotatable bonds is 1. The van der Waals surface area contributed by atoms with E-state index in [0.717, 1.165) is 17.9 Å². The number of hydrogen-bond donors (Lipinski definition) is 0. The highest BCUT2D eigenvalue weighted by Gasteiger charge is 2.30. The third-order valence-electron chi connectivity index (χ3n) is 3.38. The molecule has 0 aromatic heterocycles. The van der Waals surface area contributed by atoms with Crippen LogP contribution >= 0.6 is 11.8 Å². The number of carbonyl (C=O) groups is 1. The molecule has 0 radical (unpaired) electrons. The molecular weight excluding hydrogens is 275 g/mol. The van der Waals surface area contributed by atoms with Gasteiger partial charge < -0.3 is 4.90 Å². The molecule has 1 aliphatic rings. The largest absolute Gasteiger partial charge is 0.334 e. The fourth-order valence-corrected chi connectivity index (χ4v) is 3.16. The molecule has 0 N–H and O–H groups in total. The van der Waals surface area contributed by atoms with E-state index in [0.29, 0.717) is 6.54 Å². The first-order valence-corrected chi connectivity index (χ1v) is 7.03. The Kier molecular flexibility index (Phi) is 4.08. The van der Waals surface area contributed by atoms with Gasteiger partial charge in [0.25, 0.3) is 5.91 Å². The van der Waals surface area contributed by atoms with Crippen molar-refractivity contribution in [3.8, 4) is 0 Å². The Labute approximate surface area is 114 Å². The third-order valence-corrected chi connectivity index (χ3v) is 4.71. The number of thioether (sulfide) groups is 1. The molecule has 1 amide bonds. The first-order valence-electron chi connectivity index (χ1n) is 5.99. The Morgan fingerprint density at radius 1 is 1.26 bits per heavy atom. The zero-order valence-corrected chi connectivity index (χ0v) is 11.4. The molecule has 1 aromatic carbocycles. The van der Waals surface area contributed by atoms with E-state index in [1.165, 1.54) is 0 Å². The Bertz CT molecular complexity index is 486. The summed E-state index contributed by atoms with van der Waals surface area (Å²) >= 11 is 1.75. The zero-order chi connectivity index (χ0) is 14.2. The molecule has 1 fully saturated rings. The van der Waals surface area contributed by atoms with Crippen LogP contribution in [0, 0.1) is 17.5 Å². The van der Waals surface area contributed by atoms with E-state index in [1.807, 2.05) is 13.8 Å². The average Bonchev–Trinajstić information content (AvgIpc) is 2.38. The summed E-state index contributed by atoms with van der Waals surface area (Å²) < 4.78 is 39.2. The standard InChI is InChI=1S/C13H14F3NOS/c1-7-8(2)19-4-3-17(7)13(18)9-5-10(14)12(16)11(15)6-9/h5-8H,3-4H2,1-2H3/t7-,8+/m0/s1. The van der Waals surface area contributed by atoms with E-state index in [4.69, 9.17) is 0 Å². The minimum absolute atomic E-state index is 0.0255. The maximum absolute atomic E-state index is 13.2. The number of amides is 1. The van der Waals surface area contributed by atoms with Crippen LogP contribution in [0.25, 0.3) is 0 Å². The van der Waals surface area contributed by atoms with Gasteiger partial charge in [-0.25, -0.2) is 13.2 Å². The van der Waals surface area contributed by atoms with Gasteiger partial charge in [0.1, 0.15) is 0 Å². The lowest BCUT2D eigenvalue weighted by molar-refractivity contribution is 0.0697. The normalized spacial score (nSPS) is 23.5. The summed E-state index contributed by atoms with van der Waals surface area (Å²) in [6, 6.07) is 1.47. The van der Waals surface area contributed by atoms with Crippen molar-refractivity contribution >= 4 is 17.7 Å². The third kappa shape index (κ3) is 2.73. The van der Waals surface area contributed by atoms with Crippen molar-refractivity contribution in [2.24, 2.45) is 0 Å². The summed E-state index contributed by atoms with van der Waals surface area (Å²) in [6.07, 6.45) is 0. The maximum atomic E-state index is 13.2. The molecule has 1 heterocycles. The molecule has 0 aliphatic carbocycles. The van der Waals surface area contributed by atoms with E-state index in [1.54, 1.807) is 16.7 Å². The number of hydrogen-bond acceptors (Lipinski definition) is 2. The van der Waals surface area contributed by atoms with Gasteiger partial charge in [0, 0.05) is 29.2 Å². The minimum atomic E-state index is -1.55. The molecule has 2 nitrogen and oxygen atoms in total.